The minimum absolute atomic E-state index is 0.0774. The number of aromatic nitrogens is 1. The van der Waals surface area contributed by atoms with Gasteiger partial charge in [-0.05, 0) is 30.5 Å². The van der Waals surface area contributed by atoms with Gasteiger partial charge in [0.15, 0.2) is 5.78 Å². The number of nitrogens with zero attached hydrogens (tertiary/aromatic N) is 1. The molecule has 0 aliphatic carbocycles. The van der Waals surface area contributed by atoms with Gasteiger partial charge in [0.05, 0.1) is 24.5 Å². The number of hydrogen-bond donors (Lipinski definition) is 2. The highest BCUT2D eigenvalue weighted by molar-refractivity contribution is 7.88. The van der Waals surface area contributed by atoms with E-state index >= 15 is 0 Å². The molecule has 180 valence electrons. The van der Waals surface area contributed by atoms with Gasteiger partial charge in [-0.15, -0.1) is 11.3 Å². The Hall–Kier alpha value is -3.08. The van der Waals surface area contributed by atoms with Gasteiger partial charge in [-0.25, -0.2) is 4.98 Å². The van der Waals surface area contributed by atoms with E-state index in [0.717, 1.165) is 29.8 Å². The van der Waals surface area contributed by atoms with Crippen LogP contribution in [0.25, 0.3) is 0 Å². The molecule has 1 aromatic heterocycles. The molecule has 1 atom stereocenters. The van der Waals surface area contributed by atoms with Crippen LogP contribution in [-0.4, -0.2) is 32.2 Å². The predicted molar refractivity (Wildman–Crippen MR) is 132 cm³/mol. The van der Waals surface area contributed by atoms with Gasteiger partial charge >= 0.3 is 10.3 Å². The van der Waals surface area contributed by atoms with Crippen molar-refractivity contribution in [1.82, 2.24) is 10.3 Å². The zero-order valence-corrected chi connectivity index (χ0v) is 20.6. The molecule has 0 saturated heterocycles. The standard InChI is InChI=1S/C24H27N3O5S2/c1-3-19-16-33-24(25-19)21(15-17-9-11-20(12-10-17)27-34(30,31)32-2)26-23(29)14-13-22(28)18-7-5-4-6-8-18/h4-12,16,21,27H,3,13-15H2,1-2H3,(H,26,29). The van der Waals surface area contributed by atoms with E-state index in [9.17, 15) is 18.0 Å². The van der Waals surface area contributed by atoms with Crippen LogP contribution in [0.15, 0.2) is 60.0 Å². The summed E-state index contributed by atoms with van der Waals surface area (Å²) in [6.07, 6.45) is 1.45. The van der Waals surface area contributed by atoms with E-state index in [1.54, 1.807) is 48.5 Å². The fraction of sp³-hybridized carbons (Fsp3) is 0.292. The number of carbonyl (C=O) groups is 2. The summed E-state index contributed by atoms with van der Waals surface area (Å²) < 4.78 is 29.8. The third kappa shape index (κ3) is 7.47. The number of benzene rings is 2. The Balaban J connectivity index is 1.68. The average Bonchev–Trinajstić information content (AvgIpc) is 3.33. The fourth-order valence-electron chi connectivity index (χ4n) is 3.24. The normalized spacial score (nSPS) is 12.2. The highest BCUT2D eigenvalue weighted by atomic mass is 32.2. The van der Waals surface area contributed by atoms with Crippen molar-refractivity contribution in [3.63, 3.8) is 0 Å². The maximum Gasteiger partial charge on any atom is 0.359 e. The van der Waals surface area contributed by atoms with Crippen molar-refractivity contribution in [3.8, 4) is 0 Å². The van der Waals surface area contributed by atoms with Crippen molar-refractivity contribution < 1.29 is 22.2 Å². The second-order valence-electron chi connectivity index (χ2n) is 7.56. The van der Waals surface area contributed by atoms with E-state index in [1.807, 2.05) is 18.4 Å². The zero-order chi connectivity index (χ0) is 24.6. The van der Waals surface area contributed by atoms with E-state index in [1.165, 1.54) is 11.3 Å². The second-order valence-corrected chi connectivity index (χ2v) is 9.90. The lowest BCUT2D eigenvalue weighted by Crippen LogP contribution is -2.30. The monoisotopic (exact) mass is 501 g/mol. The molecule has 0 saturated carbocycles. The number of ketones is 1. The molecular formula is C24H27N3O5S2. The van der Waals surface area contributed by atoms with Gasteiger partial charge in [-0.2, -0.15) is 8.42 Å². The summed E-state index contributed by atoms with van der Waals surface area (Å²) in [5, 5.41) is 5.76. The number of anilines is 1. The second kappa shape index (κ2) is 11.9. The van der Waals surface area contributed by atoms with Crippen molar-refractivity contribution in [2.75, 3.05) is 11.8 Å². The van der Waals surface area contributed by atoms with Crippen LogP contribution in [0.2, 0.25) is 0 Å². The molecule has 1 unspecified atom stereocenters. The summed E-state index contributed by atoms with van der Waals surface area (Å²) >= 11 is 1.48. The largest absolute Gasteiger partial charge is 0.359 e. The number of aryl methyl sites for hydroxylation is 1. The van der Waals surface area contributed by atoms with Crippen molar-refractivity contribution in [2.24, 2.45) is 0 Å². The van der Waals surface area contributed by atoms with Gasteiger partial charge in [0, 0.05) is 23.8 Å². The van der Waals surface area contributed by atoms with Crippen molar-refractivity contribution in [2.45, 2.75) is 38.6 Å². The number of carbonyl (C=O) groups excluding carboxylic acids is 2. The number of thiazole rings is 1. The maximum atomic E-state index is 12.7. The number of rotatable bonds is 12. The molecule has 3 aromatic rings. The van der Waals surface area contributed by atoms with Gasteiger partial charge in [0.2, 0.25) is 5.91 Å². The van der Waals surface area contributed by atoms with Crippen LogP contribution in [0.4, 0.5) is 5.69 Å². The lowest BCUT2D eigenvalue weighted by atomic mass is 10.0. The van der Waals surface area contributed by atoms with Crippen molar-refractivity contribution in [3.05, 3.63) is 81.8 Å². The average molecular weight is 502 g/mol. The van der Waals surface area contributed by atoms with E-state index in [-0.39, 0.29) is 30.6 Å². The van der Waals surface area contributed by atoms with E-state index in [0.29, 0.717) is 17.7 Å². The summed E-state index contributed by atoms with van der Waals surface area (Å²) in [6, 6.07) is 15.3. The van der Waals surface area contributed by atoms with Gasteiger partial charge < -0.3 is 5.32 Å². The number of nitrogens with one attached hydrogen (secondary N) is 2. The smallest absolute Gasteiger partial charge is 0.347 e. The SMILES string of the molecule is CCc1csc(C(Cc2ccc(NS(=O)(=O)OC)cc2)NC(=O)CCC(=O)c2ccccc2)n1. The third-order valence-electron chi connectivity index (χ3n) is 5.10. The summed E-state index contributed by atoms with van der Waals surface area (Å²) in [5.41, 5.74) is 2.79. The van der Waals surface area contributed by atoms with Crippen LogP contribution in [-0.2, 0) is 32.1 Å². The lowest BCUT2D eigenvalue weighted by molar-refractivity contribution is -0.121. The molecule has 2 N–H and O–H groups in total. The first kappa shape index (κ1) is 25.5. The molecule has 0 aliphatic rings. The molecule has 8 nitrogen and oxygen atoms in total. The Kier molecular flexibility index (Phi) is 8.91. The Labute approximate surface area is 203 Å². The quantitative estimate of drug-likeness (QED) is 0.362. The van der Waals surface area contributed by atoms with E-state index < -0.39 is 10.3 Å². The Morgan fingerprint density at radius 2 is 1.76 bits per heavy atom. The van der Waals surface area contributed by atoms with Crippen LogP contribution in [0.3, 0.4) is 0 Å². The zero-order valence-electron chi connectivity index (χ0n) is 19.0. The Bertz CT molecular complexity index is 1210. The minimum atomic E-state index is -3.84. The van der Waals surface area contributed by atoms with Gasteiger partial charge in [0.25, 0.3) is 0 Å². The van der Waals surface area contributed by atoms with Crippen LogP contribution in [0.1, 0.15) is 52.4 Å². The van der Waals surface area contributed by atoms with Gasteiger partial charge in [0.1, 0.15) is 5.01 Å². The lowest BCUT2D eigenvalue weighted by Gasteiger charge is -2.17. The van der Waals surface area contributed by atoms with Crippen molar-refractivity contribution >= 4 is 39.0 Å². The molecule has 0 aliphatic heterocycles. The Morgan fingerprint density at radius 1 is 1.06 bits per heavy atom. The fourth-order valence-corrected chi connectivity index (χ4v) is 4.70. The molecule has 1 amide bonds. The molecule has 34 heavy (non-hydrogen) atoms. The van der Waals surface area contributed by atoms with Crippen molar-refractivity contribution in [1.29, 1.82) is 0 Å². The number of hydrogen-bond acceptors (Lipinski definition) is 7. The molecule has 1 heterocycles. The first-order chi connectivity index (χ1) is 16.3. The highest BCUT2D eigenvalue weighted by Gasteiger charge is 2.20. The molecule has 2 aromatic carbocycles. The maximum absolute atomic E-state index is 12.7. The summed E-state index contributed by atoms with van der Waals surface area (Å²) in [5.74, 6) is -0.309. The van der Waals surface area contributed by atoms with Crippen LogP contribution in [0, 0.1) is 0 Å². The van der Waals surface area contributed by atoms with E-state index in [2.05, 4.69) is 19.2 Å². The molecule has 3 rings (SSSR count). The first-order valence-electron chi connectivity index (χ1n) is 10.8. The predicted octanol–water partition coefficient (Wildman–Crippen LogP) is 4.07. The number of Topliss-reactive ketones (excluding diaryl/α,β-unsaturated/α-hetero) is 1. The third-order valence-corrected chi connectivity index (χ3v) is 7.03. The molecule has 0 radical (unpaired) electrons. The summed E-state index contributed by atoms with van der Waals surface area (Å²) in [6.45, 7) is 2.02. The van der Waals surface area contributed by atoms with Crippen LogP contribution < -0.4 is 10.0 Å². The van der Waals surface area contributed by atoms with Gasteiger partial charge in [-0.3, -0.25) is 18.5 Å². The van der Waals surface area contributed by atoms with Crippen LogP contribution in [0.5, 0.6) is 0 Å². The van der Waals surface area contributed by atoms with Gasteiger partial charge in [-0.1, -0.05) is 49.4 Å². The van der Waals surface area contributed by atoms with E-state index in [4.69, 9.17) is 0 Å². The molecular weight excluding hydrogens is 474 g/mol. The van der Waals surface area contributed by atoms with Crippen LogP contribution >= 0.6 is 11.3 Å². The molecule has 0 bridgehead atoms. The number of amides is 1. The summed E-state index contributed by atoms with van der Waals surface area (Å²) in [4.78, 5) is 29.7. The molecule has 10 heteroatoms. The first-order valence-corrected chi connectivity index (χ1v) is 13.1. The minimum Gasteiger partial charge on any atom is -0.347 e. The topological polar surface area (TPSA) is 114 Å². The molecule has 0 fully saturated rings. The highest BCUT2D eigenvalue weighted by Crippen LogP contribution is 2.24. The Morgan fingerprint density at radius 3 is 2.38 bits per heavy atom. The summed E-state index contributed by atoms with van der Waals surface area (Å²) in [7, 11) is -2.76. The molecule has 0 spiro atoms.